The highest BCUT2D eigenvalue weighted by Crippen LogP contribution is 2.31. The summed E-state index contributed by atoms with van der Waals surface area (Å²) in [5.74, 6) is -0.657. The minimum Gasteiger partial charge on any atom is -0.506 e. The first kappa shape index (κ1) is 22.6. The third kappa shape index (κ3) is 5.16. The van der Waals surface area contributed by atoms with Crippen LogP contribution in [-0.4, -0.2) is 37.7 Å². The topological polar surface area (TPSA) is 71.2 Å². The summed E-state index contributed by atoms with van der Waals surface area (Å²) < 4.78 is 40.0. The second-order valence-electron chi connectivity index (χ2n) is 7.06. The molecule has 0 saturated carbocycles. The maximum atomic E-state index is 12.9. The Balaban J connectivity index is 1.79. The van der Waals surface area contributed by atoms with Crippen molar-refractivity contribution in [3.63, 3.8) is 0 Å². The fourth-order valence-corrected chi connectivity index (χ4v) is 3.31. The number of aromatic hydroxyl groups is 1. The SMILES string of the molecule is CCCc1cc(-n2cnc(C(=O)N(C)Cc3cccc(C(F)(F)F)c3)n2)cc(Cl)c1O. The van der Waals surface area contributed by atoms with Crippen LogP contribution in [0.5, 0.6) is 5.75 Å². The molecule has 1 N–H and O–H groups in total. The molecule has 164 valence electrons. The van der Waals surface area contributed by atoms with Crippen LogP contribution >= 0.6 is 11.6 Å². The van der Waals surface area contributed by atoms with E-state index < -0.39 is 17.6 Å². The van der Waals surface area contributed by atoms with E-state index in [1.807, 2.05) is 6.92 Å². The first-order chi connectivity index (χ1) is 14.6. The van der Waals surface area contributed by atoms with E-state index >= 15 is 0 Å². The molecule has 1 aromatic heterocycles. The Hall–Kier alpha value is -3.07. The van der Waals surface area contributed by atoms with E-state index in [0.717, 1.165) is 18.6 Å². The highest BCUT2D eigenvalue weighted by Gasteiger charge is 2.30. The molecule has 3 aromatic rings. The first-order valence-electron chi connectivity index (χ1n) is 9.45. The van der Waals surface area contributed by atoms with Crippen LogP contribution in [0.2, 0.25) is 5.02 Å². The zero-order valence-electron chi connectivity index (χ0n) is 16.8. The van der Waals surface area contributed by atoms with Gasteiger partial charge in [0.05, 0.1) is 16.3 Å². The Morgan fingerprint density at radius 2 is 2.00 bits per heavy atom. The summed E-state index contributed by atoms with van der Waals surface area (Å²) in [5.41, 5.74) is 0.730. The lowest BCUT2D eigenvalue weighted by Crippen LogP contribution is -2.27. The number of phenolic OH excluding ortho intramolecular Hbond substituents is 1. The van der Waals surface area contributed by atoms with Gasteiger partial charge in [-0.05, 0) is 41.8 Å². The molecule has 0 spiro atoms. The minimum atomic E-state index is -4.46. The van der Waals surface area contributed by atoms with Crippen molar-refractivity contribution in [2.75, 3.05) is 7.05 Å². The van der Waals surface area contributed by atoms with Crippen molar-refractivity contribution in [3.05, 3.63) is 70.3 Å². The molecule has 1 amide bonds. The summed E-state index contributed by atoms with van der Waals surface area (Å²) in [6, 6.07) is 8.00. The largest absolute Gasteiger partial charge is 0.506 e. The number of amides is 1. The van der Waals surface area contributed by atoms with Crippen LogP contribution in [0, 0.1) is 0 Å². The Kier molecular flexibility index (Phi) is 6.54. The Labute approximate surface area is 181 Å². The van der Waals surface area contributed by atoms with Gasteiger partial charge in [-0.15, -0.1) is 5.10 Å². The summed E-state index contributed by atoms with van der Waals surface area (Å²) in [4.78, 5) is 17.9. The van der Waals surface area contributed by atoms with Gasteiger partial charge in [0.25, 0.3) is 5.91 Å². The Morgan fingerprint density at radius 1 is 1.26 bits per heavy atom. The highest BCUT2D eigenvalue weighted by atomic mass is 35.5. The number of benzene rings is 2. The number of carbonyl (C=O) groups is 1. The van der Waals surface area contributed by atoms with E-state index in [-0.39, 0.29) is 23.1 Å². The molecule has 0 radical (unpaired) electrons. The van der Waals surface area contributed by atoms with Crippen LogP contribution in [-0.2, 0) is 19.1 Å². The summed E-state index contributed by atoms with van der Waals surface area (Å²) >= 11 is 6.09. The molecule has 1 heterocycles. The number of aryl methyl sites for hydroxylation is 1. The molecule has 10 heteroatoms. The van der Waals surface area contributed by atoms with Crippen molar-refractivity contribution < 1.29 is 23.1 Å². The normalized spacial score (nSPS) is 11.5. The van der Waals surface area contributed by atoms with Gasteiger partial charge in [-0.3, -0.25) is 4.79 Å². The average Bonchev–Trinajstić information content (AvgIpc) is 3.20. The van der Waals surface area contributed by atoms with Gasteiger partial charge >= 0.3 is 6.18 Å². The number of carbonyl (C=O) groups excluding carboxylic acids is 1. The summed E-state index contributed by atoms with van der Waals surface area (Å²) in [6.45, 7) is 1.93. The van der Waals surface area contributed by atoms with Gasteiger partial charge in [-0.1, -0.05) is 37.1 Å². The quantitative estimate of drug-likeness (QED) is 0.579. The minimum absolute atomic E-state index is 0.00417. The highest BCUT2D eigenvalue weighted by molar-refractivity contribution is 6.32. The van der Waals surface area contributed by atoms with Crippen molar-refractivity contribution in [2.24, 2.45) is 0 Å². The third-order valence-electron chi connectivity index (χ3n) is 4.61. The Bertz CT molecular complexity index is 1100. The second kappa shape index (κ2) is 8.97. The molecule has 0 fully saturated rings. The van der Waals surface area contributed by atoms with Crippen LogP contribution < -0.4 is 0 Å². The molecule has 0 unspecified atom stereocenters. The van der Waals surface area contributed by atoms with Crippen molar-refractivity contribution >= 4 is 17.5 Å². The van der Waals surface area contributed by atoms with Crippen molar-refractivity contribution in [1.29, 1.82) is 0 Å². The first-order valence-corrected chi connectivity index (χ1v) is 9.83. The van der Waals surface area contributed by atoms with Gasteiger partial charge < -0.3 is 10.0 Å². The number of nitrogens with zero attached hydrogens (tertiary/aromatic N) is 4. The molecule has 0 bridgehead atoms. The summed E-state index contributed by atoms with van der Waals surface area (Å²) in [5, 5.41) is 14.4. The molecule has 6 nitrogen and oxygen atoms in total. The summed E-state index contributed by atoms with van der Waals surface area (Å²) in [7, 11) is 1.46. The maximum absolute atomic E-state index is 12.9. The number of hydrogen-bond acceptors (Lipinski definition) is 4. The predicted octanol–water partition coefficient (Wildman–Crippen LogP) is 4.87. The number of alkyl halides is 3. The maximum Gasteiger partial charge on any atom is 0.416 e. The number of rotatable bonds is 6. The van der Waals surface area contributed by atoms with Crippen LogP contribution in [0.15, 0.2) is 42.7 Å². The van der Waals surface area contributed by atoms with Crippen molar-refractivity contribution in [3.8, 4) is 11.4 Å². The van der Waals surface area contributed by atoms with Crippen LogP contribution in [0.25, 0.3) is 5.69 Å². The number of aromatic nitrogens is 3. The monoisotopic (exact) mass is 452 g/mol. The molecule has 31 heavy (non-hydrogen) atoms. The molecule has 0 aliphatic heterocycles. The molecule has 3 rings (SSSR count). The van der Waals surface area contributed by atoms with Crippen LogP contribution in [0.4, 0.5) is 13.2 Å². The molecule has 0 saturated heterocycles. The smallest absolute Gasteiger partial charge is 0.416 e. The van der Waals surface area contributed by atoms with E-state index in [1.54, 1.807) is 6.07 Å². The predicted molar refractivity (Wildman–Crippen MR) is 109 cm³/mol. The van der Waals surface area contributed by atoms with Crippen molar-refractivity contribution in [2.45, 2.75) is 32.5 Å². The van der Waals surface area contributed by atoms with Gasteiger partial charge in [-0.2, -0.15) is 13.2 Å². The van der Waals surface area contributed by atoms with E-state index in [9.17, 15) is 23.1 Å². The number of hydrogen-bond donors (Lipinski definition) is 1. The fraction of sp³-hybridized carbons (Fsp3) is 0.286. The lowest BCUT2D eigenvalue weighted by Gasteiger charge is -2.16. The Morgan fingerprint density at radius 3 is 2.68 bits per heavy atom. The molecule has 0 atom stereocenters. The molecule has 2 aromatic carbocycles. The summed E-state index contributed by atoms with van der Waals surface area (Å²) in [6.07, 6.45) is -1.71. The van der Waals surface area contributed by atoms with Gasteiger partial charge in [0.15, 0.2) is 0 Å². The zero-order valence-corrected chi connectivity index (χ0v) is 17.6. The lowest BCUT2D eigenvalue weighted by atomic mass is 10.1. The third-order valence-corrected chi connectivity index (χ3v) is 4.90. The molecule has 0 aliphatic rings. The van der Waals surface area contributed by atoms with Crippen LogP contribution in [0.1, 0.15) is 40.7 Å². The van der Waals surface area contributed by atoms with E-state index in [0.29, 0.717) is 23.2 Å². The van der Waals surface area contributed by atoms with Crippen molar-refractivity contribution in [1.82, 2.24) is 19.7 Å². The zero-order chi connectivity index (χ0) is 22.8. The standard InChI is InChI=1S/C21H20ClF3N4O2/c1-3-5-14-9-16(10-17(22)18(14)30)29-12-26-19(27-29)20(31)28(2)11-13-6-4-7-15(8-13)21(23,24)25/h4,6-10,12,30H,3,5,11H2,1-2H3. The lowest BCUT2D eigenvalue weighted by molar-refractivity contribution is -0.137. The molecule has 0 aliphatic carbocycles. The second-order valence-corrected chi connectivity index (χ2v) is 7.46. The van der Waals surface area contributed by atoms with Gasteiger partial charge in [0.1, 0.15) is 12.1 Å². The average molecular weight is 453 g/mol. The van der Waals surface area contributed by atoms with Gasteiger partial charge in [-0.25, -0.2) is 9.67 Å². The number of phenols is 1. The van der Waals surface area contributed by atoms with E-state index in [4.69, 9.17) is 11.6 Å². The van der Waals surface area contributed by atoms with Gasteiger partial charge in [0.2, 0.25) is 5.82 Å². The number of halogens is 4. The van der Waals surface area contributed by atoms with Gasteiger partial charge in [0, 0.05) is 13.6 Å². The molecular weight excluding hydrogens is 433 g/mol. The fourth-order valence-electron chi connectivity index (χ4n) is 3.08. The van der Waals surface area contributed by atoms with E-state index in [2.05, 4.69) is 10.1 Å². The molecular formula is C21H20ClF3N4O2. The van der Waals surface area contributed by atoms with E-state index in [1.165, 1.54) is 41.2 Å². The van der Waals surface area contributed by atoms with Crippen LogP contribution in [0.3, 0.4) is 0 Å².